The maximum atomic E-state index is 12.0. The molecule has 5 N–H and O–H groups in total. The fourth-order valence-corrected chi connectivity index (χ4v) is 3.98. The van der Waals surface area contributed by atoms with Gasteiger partial charge >= 0.3 is 29.8 Å². The zero-order chi connectivity index (χ0) is 45.9. The van der Waals surface area contributed by atoms with Gasteiger partial charge in [-0.15, -0.1) is 0 Å². The molecular weight excluding hydrogens is 800 g/mol. The van der Waals surface area contributed by atoms with Gasteiger partial charge < -0.3 is 72.9 Å². The fourth-order valence-electron chi connectivity index (χ4n) is 3.98. The first kappa shape index (κ1) is 55.7. The van der Waals surface area contributed by atoms with Crippen LogP contribution in [0.15, 0.2) is 60.8 Å². The van der Waals surface area contributed by atoms with Crippen LogP contribution in [0.25, 0.3) is 0 Å². The summed E-state index contributed by atoms with van der Waals surface area (Å²) in [5.41, 5.74) is 0.379. The zero-order valence-electron chi connectivity index (χ0n) is 35.0. The Labute approximate surface area is 349 Å². The Hall–Kier alpha value is -4.35. The maximum absolute atomic E-state index is 12.0. The molecule has 0 radical (unpaired) electrons. The van der Waals surface area contributed by atoms with Crippen molar-refractivity contribution in [1.82, 2.24) is 0 Å². The lowest BCUT2D eigenvalue weighted by Crippen LogP contribution is -2.50. The van der Waals surface area contributed by atoms with Crippen molar-refractivity contribution in [1.29, 1.82) is 0 Å². The molecule has 342 valence electrons. The Morgan fingerprint density at radius 1 is 0.350 bits per heavy atom. The molecule has 0 aromatic heterocycles. The van der Waals surface area contributed by atoms with Crippen LogP contribution in [0.3, 0.4) is 0 Å². The molecule has 0 aliphatic carbocycles. The number of carbonyl (C=O) groups excluding carboxylic acids is 5. The van der Waals surface area contributed by atoms with E-state index in [4.69, 9.17) is 47.4 Å². The second kappa shape index (κ2) is 30.6. The van der Waals surface area contributed by atoms with E-state index in [1.54, 1.807) is 0 Å². The van der Waals surface area contributed by atoms with Crippen LogP contribution >= 0.6 is 0 Å². The molecule has 0 aliphatic rings. The van der Waals surface area contributed by atoms with Crippen molar-refractivity contribution in [2.45, 2.75) is 83.5 Å². The molecule has 0 amide bonds. The molecular formula is C40H62O20. The highest BCUT2D eigenvalue weighted by Gasteiger charge is 2.35. The minimum absolute atomic E-state index is 0.0605. The number of rotatable bonds is 34. The summed E-state index contributed by atoms with van der Waals surface area (Å²) in [6.45, 7) is 18.3. The molecule has 0 bridgehead atoms. The highest BCUT2D eigenvalue weighted by molar-refractivity contribution is 5.88. The molecule has 0 rings (SSSR count). The van der Waals surface area contributed by atoms with Crippen LogP contribution < -0.4 is 0 Å². The average molecular weight is 863 g/mol. The molecule has 0 aromatic rings. The number of carbonyl (C=O) groups is 5. The van der Waals surface area contributed by atoms with Gasteiger partial charge in [0.2, 0.25) is 0 Å². The predicted octanol–water partition coefficient (Wildman–Crippen LogP) is -0.424. The standard InChI is InChI=1S/C40H62O20/c1-23(2)36(46)56-16-28(41)11-51-21-33(53-13-30(43)18-58-38(48)25(5)6)35(55-15-32(45)20-60-40(50)27(9)10)34(54-14-31(44)19-59-39(49)26(7)8)22-52-12-29(42)17-57-37(47)24(3)4/h28-35,41-45H,1,3,5,7,9,11-22H2,2,4,6,8,10H3/t28?,29?,30?,31?,32?,33-,34+,35?. The van der Waals surface area contributed by atoms with Crippen LogP contribution in [0.4, 0.5) is 0 Å². The quantitative estimate of drug-likeness (QED) is 0.0312. The molecule has 20 heteroatoms. The van der Waals surface area contributed by atoms with E-state index in [-0.39, 0.29) is 27.9 Å². The first-order chi connectivity index (χ1) is 28.0. The fraction of sp³-hybridized carbons (Fsp3) is 0.625. The number of esters is 5. The molecule has 0 saturated carbocycles. The molecule has 0 aliphatic heterocycles. The monoisotopic (exact) mass is 862 g/mol. The topological polar surface area (TPSA) is 279 Å². The lowest BCUT2D eigenvalue weighted by molar-refractivity contribution is -0.196. The number of aliphatic hydroxyl groups is 5. The molecule has 0 fully saturated rings. The van der Waals surface area contributed by atoms with Gasteiger partial charge in [0, 0.05) is 27.9 Å². The molecule has 0 spiro atoms. The van der Waals surface area contributed by atoms with Gasteiger partial charge in [-0.05, 0) is 34.6 Å². The van der Waals surface area contributed by atoms with Gasteiger partial charge in [-0.3, -0.25) is 0 Å². The number of ether oxygens (including phenoxy) is 10. The highest BCUT2D eigenvalue weighted by atomic mass is 16.6. The molecule has 60 heavy (non-hydrogen) atoms. The second-order valence-corrected chi connectivity index (χ2v) is 13.8. The van der Waals surface area contributed by atoms with Crippen LogP contribution in [-0.2, 0) is 71.3 Å². The zero-order valence-corrected chi connectivity index (χ0v) is 35.0. The Morgan fingerprint density at radius 2 is 0.567 bits per heavy atom. The normalized spacial score (nSPS) is 15.1. The van der Waals surface area contributed by atoms with Gasteiger partial charge in [0.25, 0.3) is 0 Å². The minimum Gasteiger partial charge on any atom is -0.460 e. The lowest BCUT2D eigenvalue weighted by Gasteiger charge is -2.35. The molecule has 20 nitrogen and oxygen atoms in total. The summed E-state index contributed by atoms with van der Waals surface area (Å²) in [4.78, 5) is 59.5. The van der Waals surface area contributed by atoms with E-state index in [0.29, 0.717) is 0 Å². The molecule has 0 heterocycles. The predicted molar refractivity (Wildman–Crippen MR) is 210 cm³/mol. The van der Waals surface area contributed by atoms with E-state index >= 15 is 0 Å². The largest absolute Gasteiger partial charge is 0.460 e. The van der Waals surface area contributed by atoms with Crippen molar-refractivity contribution in [2.75, 3.05) is 79.3 Å². The Morgan fingerprint density at radius 3 is 0.800 bits per heavy atom. The number of hydrogen-bond donors (Lipinski definition) is 5. The van der Waals surface area contributed by atoms with Crippen LogP contribution in [0.1, 0.15) is 34.6 Å². The summed E-state index contributed by atoms with van der Waals surface area (Å²) in [5.74, 6) is -3.88. The van der Waals surface area contributed by atoms with E-state index in [2.05, 4.69) is 32.9 Å². The van der Waals surface area contributed by atoms with Crippen LogP contribution in [0.2, 0.25) is 0 Å². The van der Waals surface area contributed by atoms with Crippen molar-refractivity contribution in [3.05, 3.63) is 60.8 Å². The van der Waals surface area contributed by atoms with Crippen molar-refractivity contribution in [3.8, 4) is 0 Å². The van der Waals surface area contributed by atoms with Gasteiger partial charge in [0.15, 0.2) is 0 Å². The third kappa shape index (κ3) is 26.0. The first-order valence-electron chi connectivity index (χ1n) is 18.6. The van der Waals surface area contributed by atoms with Gasteiger partial charge in [-0.25, -0.2) is 24.0 Å². The van der Waals surface area contributed by atoms with Crippen molar-refractivity contribution in [2.24, 2.45) is 0 Å². The highest BCUT2D eigenvalue weighted by Crippen LogP contribution is 2.17. The Bertz CT molecular complexity index is 1360. The summed E-state index contributed by atoms with van der Waals surface area (Å²) in [5, 5.41) is 52.9. The molecule has 0 saturated heterocycles. The van der Waals surface area contributed by atoms with Crippen LogP contribution in [0, 0.1) is 0 Å². The van der Waals surface area contributed by atoms with Crippen molar-refractivity contribution >= 4 is 29.8 Å². The van der Waals surface area contributed by atoms with Crippen LogP contribution in [0.5, 0.6) is 0 Å². The number of aliphatic hydroxyl groups excluding tert-OH is 5. The summed E-state index contributed by atoms with van der Waals surface area (Å²) in [6.07, 6.45) is -11.2. The van der Waals surface area contributed by atoms with Crippen LogP contribution in [-0.4, -0.2) is 183 Å². The maximum Gasteiger partial charge on any atom is 0.333 e. The van der Waals surface area contributed by atoms with E-state index in [1.165, 1.54) is 34.6 Å². The Kier molecular flexibility index (Phi) is 28.4. The Balaban J connectivity index is 6.68. The summed E-state index contributed by atoms with van der Waals surface area (Å²) < 4.78 is 54.3. The number of hydrogen-bond acceptors (Lipinski definition) is 20. The van der Waals surface area contributed by atoms with E-state index in [0.717, 1.165) is 0 Å². The second-order valence-electron chi connectivity index (χ2n) is 13.8. The minimum atomic E-state index is -1.46. The van der Waals surface area contributed by atoms with E-state index < -0.39 is 158 Å². The van der Waals surface area contributed by atoms with Gasteiger partial charge in [0.05, 0.1) is 46.2 Å². The van der Waals surface area contributed by atoms with Gasteiger partial charge in [-0.2, -0.15) is 0 Å². The molecule has 6 unspecified atom stereocenters. The summed E-state index contributed by atoms with van der Waals surface area (Å²) in [7, 11) is 0. The molecule has 8 atom stereocenters. The first-order valence-corrected chi connectivity index (χ1v) is 18.6. The van der Waals surface area contributed by atoms with Gasteiger partial charge in [-0.1, -0.05) is 32.9 Å². The van der Waals surface area contributed by atoms with E-state index in [1.807, 2.05) is 0 Å². The van der Waals surface area contributed by atoms with Gasteiger partial charge in [0.1, 0.15) is 81.9 Å². The molecule has 0 aromatic carbocycles. The summed E-state index contributed by atoms with van der Waals surface area (Å²) >= 11 is 0. The summed E-state index contributed by atoms with van der Waals surface area (Å²) in [6, 6.07) is 0. The van der Waals surface area contributed by atoms with Crippen molar-refractivity contribution in [3.63, 3.8) is 0 Å². The third-order valence-corrected chi connectivity index (χ3v) is 7.18. The average Bonchev–Trinajstić information content (AvgIpc) is 3.18. The lowest BCUT2D eigenvalue weighted by atomic mass is 10.1. The SMILES string of the molecule is C=C(C)C(=O)OCC(O)COC[C@H](OCC(O)COC(=O)C(=C)C)C(OCC(O)COC(=O)C(=C)C)[C@@H](COCC(O)COC(=O)C(=C)C)OCC(O)COC(=O)C(=C)C. The smallest absolute Gasteiger partial charge is 0.333 e. The third-order valence-electron chi connectivity index (χ3n) is 7.18. The van der Waals surface area contributed by atoms with E-state index in [9.17, 15) is 49.5 Å². The van der Waals surface area contributed by atoms with Crippen molar-refractivity contribution < 1.29 is 96.9 Å².